The summed E-state index contributed by atoms with van der Waals surface area (Å²) in [5.41, 5.74) is 5.14. The summed E-state index contributed by atoms with van der Waals surface area (Å²) in [5, 5.41) is 0. The predicted molar refractivity (Wildman–Crippen MR) is 224 cm³/mol. The molecule has 0 radical (unpaired) electrons. The quantitative estimate of drug-likeness (QED) is 0.161. The molecule has 0 nitrogen and oxygen atoms in total. The third-order valence-corrected chi connectivity index (χ3v) is 64.9. The molecule has 0 bridgehead atoms. The Balaban J connectivity index is 3.09. The molecule has 0 saturated carbocycles. The van der Waals surface area contributed by atoms with Crippen molar-refractivity contribution in [3.8, 4) is 0 Å². The van der Waals surface area contributed by atoms with Gasteiger partial charge in [-0.05, 0) is 0 Å². The van der Waals surface area contributed by atoms with Gasteiger partial charge in [0.05, 0.1) is 0 Å². The average molecular weight is 758 g/mol. The fourth-order valence-corrected chi connectivity index (χ4v) is 81.5. The van der Waals surface area contributed by atoms with Gasteiger partial charge in [0, 0.05) is 0 Å². The van der Waals surface area contributed by atoms with Crippen molar-refractivity contribution in [2.75, 3.05) is 0 Å². The van der Waals surface area contributed by atoms with Gasteiger partial charge in [0.2, 0.25) is 0 Å². The molecule has 3 aromatic rings. The molecule has 0 saturated heterocycles. The van der Waals surface area contributed by atoms with E-state index < -0.39 is 62.6 Å². The van der Waals surface area contributed by atoms with Crippen LogP contribution in [0.15, 0.2) is 91.0 Å². The van der Waals surface area contributed by atoms with Crippen LogP contribution < -0.4 is 0 Å². The van der Waals surface area contributed by atoms with Crippen LogP contribution in [0.2, 0.25) is 118 Å². The molecule has 7 heteroatoms. The summed E-state index contributed by atoms with van der Waals surface area (Å²) >= 11 is -1.79. The van der Waals surface area contributed by atoms with Crippen LogP contribution in [0.5, 0.6) is 0 Å². The van der Waals surface area contributed by atoms with Crippen molar-refractivity contribution in [2.45, 2.75) is 128 Å². The summed E-state index contributed by atoms with van der Waals surface area (Å²) < 4.78 is 0.691. The van der Waals surface area contributed by atoms with Crippen molar-refractivity contribution >= 4 is 48.4 Å². The Kier molecular flexibility index (Phi) is 11.3. The molecule has 0 N–H and O–H groups in total. The Bertz CT molecular complexity index is 1210. The van der Waals surface area contributed by atoms with Gasteiger partial charge in [-0.1, -0.05) is 0 Å². The first-order chi connectivity index (χ1) is 20.7. The van der Waals surface area contributed by atoms with Crippen LogP contribution in [0.4, 0.5) is 0 Å². The molecule has 0 aliphatic carbocycles. The number of benzene rings is 3. The average Bonchev–Trinajstić information content (AvgIpc) is 2.86. The minimum absolute atomic E-state index is 0.230. The van der Waals surface area contributed by atoms with E-state index >= 15 is 0 Å². The van der Waals surface area contributed by atoms with Gasteiger partial charge in [-0.2, -0.15) is 0 Å². The van der Waals surface area contributed by atoms with Crippen LogP contribution >= 0.6 is 0 Å². The fourth-order valence-electron chi connectivity index (χ4n) is 10.9. The molecule has 0 aliphatic heterocycles. The molecular weight excluding hydrogens is 689 g/mol. The van der Waals surface area contributed by atoms with E-state index in [1.165, 1.54) is 0 Å². The first kappa shape index (κ1) is 39.9. The first-order valence-corrected chi connectivity index (χ1v) is 40.5. The SMILES string of the molecule is C[Si](C)(C)[C](c1ccccc1)([Cr]([C](c1ccccc1)([Si](C)(C)C)[Si](C)(C)C)[C](c1ccccc1)([Si](C)(C)C)[Si](C)(C)C)[Si](C)(C)C. The molecule has 0 aliphatic rings. The zero-order valence-electron chi connectivity index (χ0n) is 33.1. The van der Waals surface area contributed by atoms with E-state index in [1.807, 2.05) is 0 Å². The second-order valence-electron chi connectivity index (χ2n) is 19.9. The molecule has 46 heavy (non-hydrogen) atoms. The second kappa shape index (κ2) is 13.0. The zero-order valence-corrected chi connectivity index (χ0v) is 40.3. The van der Waals surface area contributed by atoms with Crippen LogP contribution in [-0.4, -0.2) is 48.4 Å². The van der Waals surface area contributed by atoms with Crippen LogP contribution in [0.1, 0.15) is 16.7 Å². The Morgan fingerprint density at radius 1 is 0.283 bits per heavy atom. The maximum atomic E-state index is 2.81. The summed E-state index contributed by atoms with van der Waals surface area (Å²) in [6.45, 7) is 50.6. The molecule has 0 aromatic heterocycles. The van der Waals surface area contributed by atoms with Crippen molar-refractivity contribution in [3.05, 3.63) is 108 Å². The Hall–Kier alpha value is -0.506. The van der Waals surface area contributed by atoms with E-state index in [-0.39, 0.29) is 10.6 Å². The number of rotatable bonds is 12. The molecular formula is C39H69CrSi6. The zero-order chi connectivity index (χ0) is 35.4. The molecule has 3 rings (SSSR count). The van der Waals surface area contributed by atoms with Gasteiger partial charge in [0.25, 0.3) is 0 Å². The van der Waals surface area contributed by atoms with Gasteiger partial charge < -0.3 is 0 Å². The van der Waals surface area contributed by atoms with Crippen LogP contribution in [0.25, 0.3) is 0 Å². The van der Waals surface area contributed by atoms with E-state index in [1.54, 1.807) is 16.7 Å². The van der Waals surface area contributed by atoms with E-state index in [9.17, 15) is 0 Å². The van der Waals surface area contributed by atoms with E-state index in [2.05, 4.69) is 209 Å². The second-order valence-corrected chi connectivity index (χ2v) is 60.3. The summed E-state index contributed by atoms with van der Waals surface area (Å²) in [6.07, 6.45) is 0. The van der Waals surface area contributed by atoms with Crippen molar-refractivity contribution < 1.29 is 14.1 Å². The van der Waals surface area contributed by atoms with Crippen molar-refractivity contribution in [2.24, 2.45) is 0 Å². The van der Waals surface area contributed by atoms with Crippen molar-refractivity contribution in [1.29, 1.82) is 0 Å². The van der Waals surface area contributed by atoms with Crippen LogP contribution in [0, 0.1) is 0 Å². The molecule has 0 heterocycles. The van der Waals surface area contributed by atoms with Gasteiger partial charge in [-0.25, -0.2) is 0 Å². The minimum atomic E-state index is -1.97. The summed E-state index contributed by atoms with van der Waals surface area (Å²) in [6, 6.07) is 37.0. The molecule has 0 atom stereocenters. The predicted octanol–water partition coefficient (Wildman–Crippen LogP) is 12.6. The van der Waals surface area contributed by atoms with Gasteiger partial charge >= 0.3 is 299 Å². The van der Waals surface area contributed by atoms with Gasteiger partial charge in [-0.3, -0.25) is 0 Å². The van der Waals surface area contributed by atoms with E-state index in [0.717, 1.165) is 0 Å². The molecule has 0 unspecified atom stereocenters. The van der Waals surface area contributed by atoms with Crippen LogP contribution in [-0.2, 0) is 24.7 Å². The normalized spacial score (nSPS) is 14.9. The third kappa shape index (κ3) is 6.10. The fraction of sp³-hybridized carbons (Fsp3) is 0.538. The summed E-state index contributed by atoms with van der Waals surface area (Å²) in [5.74, 6) is 0. The number of hydrogen-bond donors (Lipinski definition) is 0. The topological polar surface area (TPSA) is 0 Å². The van der Waals surface area contributed by atoms with E-state index in [4.69, 9.17) is 0 Å². The summed E-state index contributed by atoms with van der Waals surface area (Å²) in [4.78, 5) is 0. The standard InChI is InChI=1S/3C13H23Si2.Cr/c3*1-14(2,3)13(15(4,5)6)12-10-8-7-9-11-12;/h3*7-11H,1-6H3;. The van der Waals surface area contributed by atoms with Crippen molar-refractivity contribution in [3.63, 3.8) is 0 Å². The van der Waals surface area contributed by atoms with Crippen molar-refractivity contribution in [1.82, 2.24) is 0 Å². The third-order valence-electron chi connectivity index (χ3n) is 10.8. The Morgan fingerprint density at radius 2 is 0.435 bits per heavy atom. The molecule has 0 amide bonds. The molecule has 3 aromatic carbocycles. The maximum absolute atomic E-state index is 2.81. The molecule has 0 fully saturated rings. The monoisotopic (exact) mass is 757 g/mol. The Labute approximate surface area is 296 Å². The van der Waals surface area contributed by atoms with Gasteiger partial charge in [0.15, 0.2) is 0 Å². The first-order valence-electron chi connectivity index (χ1n) is 17.6. The number of hydrogen-bond acceptors (Lipinski definition) is 0. The van der Waals surface area contributed by atoms with Gasteiger partial charge in [-0.15, -0.1) is 0 Å². The van der Waals surface area contributed by atoms with E-state index in [0.29, 0.717) is 0 Å². The van der Waals surface area contributed by atoms with Crippen LogP contribution in [0.3, 0.4) is 0 Å². The van der Waals surface area contributed by atoms with Gasteiger partial charge in [0.1, 0.15) is 0 Å². The molecule has 255 valence electrons. The summed E-state index contributed by atoms with van der Waals surface area (Å²) in [7, 11) is -11.8. The molecule has 0 spiro atoms. The Morgan fingerprint density at radius 3 is 0.565 bits per heavy atom.